The zero-order valence-corrected chi connectivity index (χ0v) is 11.2. The van der Waals surface area contributed by atoms with Crippen LogP contribution in [0.3, 0.4) is 0 Å². The highest BCUT2D eigenvalue weighted by Crippen LogP contribution is 2.30. The van der Waals surface area contributed by atoms with Gasteiger partial charge in [0.15, 0.2) is 0 Å². The number of ether oxygens (including phenoxy) is 2. The molecule has 1 aromatic rings. The number of carbonyl (C=O) groups is 1. The summed E-state index contributed by atoms with van der Waals surface area (Å²) in [5.41, 5.74) is 0.643. The minimum absolute atomic E-state index is 0.592. The Morgan fingerprint density at radius 2 is 1.89 bits per heavy atom. The number of rotatable bonds is 7. The SMILES string of the molecule is COc1cc(OC)cc(C(NCC2CC2)C(=O)O)c1. The number of hydrogen-bond acceptors (Lipinski definition) is 4. The minimum atomic E-state index is -0.893. The number of nitrogens with one attached hydrogen (secondary N) is 1. The summed E-state index contributed by atoms with van der Waals surface area (Å²) in [6, 6.07) is 4.44. The number of carboxylic acid groups (broad SMARTS) is 1. The summed E-state index contributed by atoms with van der Waals surface area (Å²) in [7, 11) is 3.10. The molecule has 5 nitrogen and oxygen atoms in total. The van der Waals surface area contributed by atoms with Gasteiger partial charge in [-0.3, -0.25) is 4.79 Å². The zero-order valence-electron chi connectivity index (χ0n) is 11.2. The molecule has 5 heteroatoms. The van der Waals surface area contributed by atoms with Crippen molar-refractivity contribution < 1.29 is 19.4 Å². The number of methoxy groups -OCH3 is 2. The van der Waals surface area contributed by atoms with Gasteiger partial charge in [-0.05, 0) is 43.0 Å². The number of benzene rings is 1. The molecule has 0 spiro atoms. The van der Waals surface area contributed by atoms with E-state index < -0.39 is 12.0 Å². The minimum Gasteiger partial charge on any atom is -0.497 e. The average molecular weight is 265 g/mol. The van der Waals surface area contributed by atoms with E-state index in [9.17, 15) is 9.90 Å². The Labute approximate surface area is 112 Å². The van der Waals surface area contributed by atoms with Crippen LogP contribution in [0, 0.1) is 5.92 Å². The van der Waals surface area contributed by atoms with Crippen molar-refractivity contribution in [1.29, 1.82) is 0 Å². The van der Waals surface area contributed by atoms with E-state index in [2.05, 4.69) is 5.32 Å². The smallest absolute Gasteiger partial charge is 0.325 e. The molecule has 0 radical (unpaired) electrons. The van der Waals surface area contributed by atoms with Crippen LogP contribution in [0.5, 0.6) is 11.5 Å². The molecule has 0 saturated heterocycles. The highest BCUT2D eigenvalue weighted by Gasteiger charge is 2.26. The summed E-state index contributed by atoms with van der Waals surface area (Å²) in [6.07, 6.45) is 2.36. The van der Waals surface area contributed by atoms with Gasteiger partial charge in [-0.25, -0.2) is 0 Å². The highest BCUT2D eigenvalue weighted by molar-refractivity contribution is 5.76. The third-order valence-electron chi connectivity index (χ3n) is 3.26. The molecule has 19 heavy (non-hydrogen) atoms. The molecular formula is C14H19NO4. The van der Waals surface area contributed by atoms with Crippen LogP contribution in [-0.4, -0.2) is 31.8 Å². The Kier molecular flexibility index (Phi) is 4.27. The Hall–Kier alpha value is -1.75. The maximum atomic E-state index is 11.4. The molecule has 1 atom stereocenters. The van der Waals surface area contributed by atoms with Crippen LogP contribution < -0.4 is 14.8 Å². The molecule has 1 saturated carbocycles. The molecule has 2 N–H and O–H groups in total. The summed E-state index contributed by atoms with van der Waals surface area (Å²) >= 11 is 0. The number of hydrogen-bond donors (Lipinski definition) is 2. The van der Waals surface area contributed by atoms with Crippen molar-refractivity contribution in [3.8, 4) is 11.5 Å². The number of carboxylic acids is 1. The predicted octanol–water partition coefficient (Wildman–Crippen LogP) is 1.83. The largest absolute Gasteiger partial charge is 0.497 e. The van der Waals surface area contributed by atoms with Crippen LogP contribution in [0.4, 0.5) is 0 Å². The summed E-state index contributed by atoms with van der Waals surface area (Å²) in [6.45, 7) is 0.733. The summed E-state index contributed by atoms with van der Waals surface area (Å²) in [4.78, 5) is 11.4. The quantitative estimate of drug-likeness (QED) is 0.787. The predicted molar refractivity (Wildman–Crippen MR) is 70.6 cm³/mol. The van der Waals surface area contributed by atoms with Gasteiger partial charge in [-0.1, -0.05) is 0 Å². The first-order valence-corrected chi connectivity index (χ1v) is 6.33. The van der Waals surface area contributed by atoms with Gasteiger partial charge < -0.3 is 19.9 Å². The van der Waals surface area contributed by atoms with Crippen LogP contribution in [0.2, 0.25) is 0 Å². The summed E-state index contributed by atoms with van der Waals surface area (Å²) in [5, 5.41) is 12.4. The molecule has 1 aromatic carbocycles. The molecule has 0 aliphatic heterocycles. The lowest BCUT2D eigenvalue weighted by molar-refractivity contribution is -0.139. The van der Waals surface area contributed by atoms with Crippen molar-refractivity contribution in [2.45, 2.75) is 18.9 Å². The molecule has 104 valence electrons. The van der Waals surface area contributed by atoms with E-state index in [4.69, 9.17) is 9.47 Å². The molecule has 0 aromatic heterocycles. The van der Waals surface area contributed by atoms with E-state index in [0.29, 0.717) is 23.0 Å². The third-order valence-corrected chi connectivity index (χ3v) is 3.26. The first-order chi connectivity index (χ1) is 9.13. The van der Waals surface area contributed by atoms with E-state index in [1.807, 2.05) is 0 Å². The second-order valence-corrected chi connectivity index (χ2v) is 4.77. The standard InChI is InChI=1S/C14H19NO4/c1-18-11-5-10(6-12(7-11)19-2)13(14(16)17)15-8-9-3-4-9/h5-7,9,13,15H,3-4,8H2,1-2H3,(H,16,17). The maximum Gasteiger partial charge on any atom is 0.325 e. The fraction of sp³-hybridized carbons (Fsp3) is 0.500. The molecule has 0 amide bonds. The van der Waals surface area contributed by atoms with Gasteiger partial charge in [0.2, 0.25) is 0 Å². The monoisotopic (exact) mass is 265 g/mol. The first kappa shape index (κ1) is 13.7. The van der Waals surface area contributed by atoms with E-state index in [-0.39, 0.29) is 0 Å². The van der Waals surface area contributed by atoms with Gasteiger partial charge in [0, 0.05) is 6.07 Å². The van der Waals surface area contributed by atoms with Crippen LogP contribution >= 0.6 is 0 Å². The third kappa shape index (κ3) is 3.61. The Balaban J connectivity index is 2.20. The molecule has 1 unspecified atom stereocenters. The first-order valence-electron chi connectivity index (χ1n) is 6.33. The van der Waals surface area contributed by atoms with Crippen molar-refractivity contribution in [3.05, 3.63) is 23.8 Å². The van der Waals surface area contributed by atoms with Crippen molar-refractivity contribution in [1.82, 2.24) is 5.32 Å². The van der Waals surface area contributed by atoms with Crippen molar-refractivity contribution in [2.24, 2.45) is 5.92 Å². The van der Waals surface area contributed by atoms with Crippen molar-refractivity contribution in [2.75, 3.05) is 20.8 Å². The van der Waals surface area contributed by atoms with Crippen LogP contribution in [0.1, 0.15) is 24.4 Å². The van der Waals surface area contributed by atoms with Crippen molar-refractivity contribution in [3.63, 3.8) is 0 Å². The fourth-order valence-corrected chi connectivity index (χ4v) is 1.95. The second kappa shape index (κ2) is 5.93. The lowest BCUT2D eigenvalue weighted by Crippen LogP contribution is -2.30. The molecule has 1 fully saturated rings. The number of aliphatic carboxylic acids is 1. The van der Waals surface area contributed by atoms with Crippen molar-refractivity contribution >= 4 is 5.97 Å². The molecule has 1 aliphatic rings. The fourth-order valence-electron chi connectivity index (χ4n) is 1.95. The normalized spacial score (nSPS) is 15.9. The van der Waals surface area contributed by atoms with E-state index in [0.717, 1.165) is 6.54 Å². The Morgan fingerprint density at radius 1 is 1.32 bits per heavy atom. The molecule has 2 rings (SSSR count). The zero-order chi connectivity index (χ0) is 13.8. The molecule has 0 bridgehead atoms. The molecular weight excluding hydrogens is 246 g/mol. The topological polar surface area (TPSA) is 67.8 Å². The highest BCUT2D eigenvalue weighted by atomic mass is 16.5. The van der Waals surface area contributed by atoms with E-state index >= 15 is 0 Å². The maximum absolute atomic E-state index is 11.4. The second-order valence-electron chi connectivity index (χ2n) is 4.77. The average Bonchev–Trinajstić information content (AvgIpc) is 3.22. The Bertz CT molecular complexity index is 435. The molecule has 0 heterocycles. The van der Waals surface area contributed by atoms with E-state index in [1.54, 1.807) is 32.4 Å². The van der Waals surface area contributed by atoms with Crippen LogP contribution in [0.15, 0.2) is 18.2 Å². The van der Waals surface area contributed by atoms with Gasteiger partial charge in [0.05, 0.1) is 14.2 Å². The lowest BCUT2D eigenvalue weighted by Gasteiger charge is -2.16. The van der Waals surface area contributed by atoms with Gasteiger partial charge in [-0.2, -0.15) is 0 Å². The van der Waals surface area contributed by atoms with Gasteiger partial charge >= 0.3 is 5.97 Å². The molecule has 1 aliphatic carbocycles. The van der Waals surface area contributed by atoms with Gasteiger partial charge in [0.1, 0.15) is 17.5 Å². The van der Waals surface area contributed by atoms with Gasteiger partial charge in [-0.15, -0.1) is 0 Å². The van der Waals surface area contributed by atoms with Crippen LogP contribution in [-0.2, 0) is 4.79 Å². The lowest BCUT2D eigenvalue weighted by atomic mass is 10.1. The summed E-state index contributed by atoms with van der Waals surface area (Å²) in [5.74, 6) is 0.910. The Morgan fingerprint density at radius 3 is 2.32 bits per heavy atom. The van der Waals surface area contributed by atoms with E-state index in [1.165, 1.54) is 12.8 Å². The van der Waals surface area contributed by atoms with Gasteiger partial charge in [0.25, 0.3) is 0 Å². The summed E-state index contributed by atoms with van der Waals surface area (Å²) < 4.78 is 10.3. The van der Waals surface area contributed by atoms with Crippen LogP contribution in [0.25, 0.3) is 0 Å².